The Morgan fingerprint density at radius 2 is 1.33 bits per heavy atom. The molecule has 92 valence electrons. The topological polar surface area (TPSA) is 0 Å². The molecular formula is C14H30S. The molecule has 0 aliphatic rings. The highest BCUT2D eigenvalue weighted by molar-refractivity contribution is 7.80. The van der Waals surface area contributed by atoms with Crippen LogP contribution < -0.4 is 0 Å². The van der Waals surface area contributed by atoms with E-state index in [0.717, 1.165) is 5.75 Å². The summed E-state index contributed by atoms with van der Waals surface area (Å²) in [6.07, 6.45) is 12.4. The van der Waals surface area contributed by atoms with Gasteiger partial charge in [-0.05, 0) is 30.4 Å². The van der Waals surface area contributed by atoms with Crippen LogP contribution >= 0.6 is 12.6 Å². The SMILES string of the molecule is CCCCCCCCC(CC)(CC)CS. The maximum Gasteiger partial charge on any atom is -0.00414 e. The van der Waals surface area contributed by atoms with Gasteiger partial charge in [0.15, 0.2) is 0 Å². The quantitative estimate of drug-likeness (QED) is 0.373. The molecule has 0 bridgehead atoms. The Kier molecular flexibility index (Phi) is 9.79. The molecule has 0 aromatic carbocycles. The molecule has 0 aromatic heterocycles. The van der Waals surface area contributed by atoms with E-state index in [0.29, 0.717) is 5.41 Å². The van der Waals surface area contributed by atoms with Crippen molar-refractivity contribution in [3.05, 3.63) is 0 Å². The molecule has 0 aromatic rings. The summed E-state index contributed by atoms with van der Waals surface area (Å²) in [6.45, 7) is 6.91. The summed E-state index contributed by atoms with van der Waals surface area (Å²) in [5.41, 5.74) is 0.536. The highest BCUT2D eigenvalue weighted by Gasteiger charge is 2.23. The van der Waals surface area contributed by atoms with E-state index in [1.165, 1.54) is 57.8 Å². The number of rotatable bonds is 10. The van der Waals surface area contributed by atoms with Crippen LogP contribution in [-0.2, 0) is 0 Å². The molecule has 0 N–H and O–H groups in total. The number of unbranched alkanes of at least 4 members (excludes halogenated alkanes) is 5. The first-order valence-electron chi connectivity index (χ1n) is 6.85. The molecule has 0 rings (SSSR count). The average Bonchev–Trinajstić information content (AvgIpc) is 2.29. The van der Waals surface area contributed by atoms with E-state index < -0.39 is 0 Å². The molecule has 0 atom stereocenters. The van der Waals surface area contributed by atoms with Gasteiger partial charge in [0, 0.05) is 0 Å². The molecule has 0 saturated carbocycles. The van der Waals surface area contributed by atoms with Crippen LogP contribution in [0.25, 0.3) is 0 Å². The van der Waals surface area contributed by atoms with Crippen molar-refractivity contribution in [3.8, 4) is 0 Å². The lowest BCUT2D eigenvalue weighted by atomic mass is 9.79. The maximum atomic E-state index is 4.52. The fourth-order valence-electron chi connectivity index (χ4n) is 2.19. The molecule has 0 spiro atoms. The van der Waals surface area contributed by atoms with E-state index in [1.807, 2.05) is 0 Å². The van der Waals surface area contributed by atoms with Crippen molar-refractivity contribution in [2.24, 2.45) is 5.41 Å². The molecule has 0 nitrogen and oxygen atoms in total. The van der Waals surface area contributed by atoms with Crippen molar-refractivity contribution >= 4 is 12.6 Å². The molecule has 0 aliphatic carbocycles. The number of thiol groups is 1. The average molecular weight is 230 g/mol. The van der Waals surface area contributed by atoms with E-state index in [9.17, 15) is 0 Å². The molecule has 0 saturated heterocycles. The van der Waals surface area contributed by atoms with Crippen LogP contribution in [0.15, 0.2) is 0 Å². The van der Waals surface area contributed by atoms with Gasteiger partial charge in [0.25, 0.3) is 0 Å². The number of hydrogen-bond acceptors (Lipinski definition) is 1. The summed E-state index contributed by atoms with van der Waals surface area (Å²) in [5, 5.41) is 0. The highest BCUT2D eigenvalue weighted by atomic mass is 32.1. The predicted molar refractivity (Wildman–Crippen MR) is 74.9 cm³/mol. The predicted octanol–water partition coefficient (Wildman–Crippen LogP) is 5.47. The molecule has 15 heavy (non-hydrogen) atoms. The molecule has 0 fully saturated rings. The summed E-state index contributed by atoms with van der Waals surface area (Å²) in [7, 11) is 0. The minimum absolute atomic E-state index is 0.536. The van der Waals surface area contributed by atoms with Gasteiger partial charge in [-0.1, -0.05) is 59.3 Å². The minimum Gasteiger partial charge on any atom is -0.179 e. The van der Waals surface area contributed by atoms with Crippen LogP contribution in [0.3, 0.4) is 0 Å². The second-order valence-electron chi connectivity index (χ2n) is 4.88. The number of hydrogen-bond donors (Lipinski definition) is 1. The van der Waals surface area contributed by atoms with Gasteiger partial charge in [0.1, 0.15) is 0 Å². The molecule has 0 unspecified atom stereocenters. The van der Waals surface area contributed by atoms with Gasteiger partial charge in [-0.15, -0.1) is 0 Å². The van der Waals surface area contributed by atoms with Gasteiger partial charge in [-0.25, -0.2) is 0 Å². The van der Waals surface area contributed by atoms with Gasteiger partial charge < -0.3 is 0 Å². The Morgan fingerprint density at radius 3 is 1.80 bits per heavy atom. The third kappa shape index (κ3) is 6.50. The van der Waals surface area contributed by atoms with Crippen LogP contribution in [0, 0.1) is 5.41 Å². The lowest BCUT2D eigenvalue weighted by molar-refractivity contribution is 0.270. The van der Waals surface area contributed by atoms with E-state index >= 15 is 0 Å². The summed E-state index contributed by atoms with van der Waals surface area (Å²) in [5.74, 6) is 1.06. The first-order valence-corrected chi connectivity index (χ1v) is 7.48. The van der Waals surface area contributed by atoms with Crippen molar-refractivity contribution < 1.29 is 0 Å². The second-order valence-corrected chi connectivity index (χ2v) is 5.20. The van der Waals surface area contributed by atoms with Crippen molar-refractivity contribution in [2.75, 3.05) is 5.75 Å². The van der Waals surface area contributed by atoms with E-state index in [4.69, 9.17) is 0 Å². The normalized spacial score (nSPS) is 12.0. The van der Waals surface area contributed by atoms with Gasteiger partial charge in [-0.3, -0.25) is 0 Å². The van der Waals surface area contributed by atoms with Crippen LogP contribution in [0.2, 0.25) is 0 Å². The zero-order valence-corrected chi connectivity index (χ0v) is 11.9. The maximum absolute atomic E-state index is 4.52. The van der Waals surface area contributed by atoms with Crippen molar-refractivity contribution in [3.63, 3.8) is 0 Å². The van der Waals surface area contributed by atoms with Gasteiger partial charge >= 0.3 is 0 Å². The van der Waals surface area contributed by atoms with Crippen molar-refractivity contribution in [2.45, 2.75) is 78.6 Å². The summed E-state index contributed by atoms with van der Waals surface area (Å²) in [6, 6.07) is 0. The van der Waals surface area contributed by atoms with Gasteiger partial charge in [0.2, 0.25) is 0 Å². The Morgan fingerprint density at radius 1 is 0.800 bits per heavy atom. The molecule has 1 heteroatoms. The van der Waals surface area contributed by atoms with Gasteiger partial charge in [0.05, 0.1) is 0 Å². The third-order valence-corrected chi connectivity index (χ3v) is 4.57. The molecular weight excluding hydrogens is 200 g/mol. The lowest BCUT2D eigenvalue weighted by Gasteiger charge is -2.29. The Bertz CT molecular complexity index is 119. The smallest absolute Gasteiger partial charge is 0.00414 e. The van der Waals surface area contributed by atoms with Crippen LogP contribution in [0.1, 0.15) is 78.6 Å². The summed E-state index contributed by atoms with van der Waals surface area (Å²) >= 11 is 4.52. The molecule has 0 radical (unpaired) electrons. The van der Waals surface area contributed by atoms with Crippen LogP contribution in [0.5, 0.6) is 0 Å². The van der Waals surface area contributed by atoms with Crippen LogP contribution in [0.4, 0.5) is 0 Å². The fourth-order valence-corrected chi connectivity index (χ4v) is 2.79. The first kappa shape index (κ1) is 15.3. The van der Waals surface area contributed by atoms with Crippen molar-refractivity contribution in [1.82, 2.24) is 0 Å². The standard InChI is InChI=1S/C14H30S/c1-4-7-8-9-10-11-12-14(5-2,6-3)13-15/h15H,4-13H2,1-3H3. The Labute approximate surface area is 103 Å². The monoisotopic (exact) mass is 230 g/mol. The second kappa shape index (κ2) is 9.57. The Hall–Kier alpha value is 0.350. The van der Waals surface area contributed by atoms with E-state index in [-0.39, 0.29) is 0 Å². The third-order valence-electron chi connectivity index (χ3n) is 3.90. The minimum atomic E-state index is 0.536. The highest BCUT2D eigenvalue weighted by Crippen LogP contribution is 2.33. The Balaban J connectivity index is 3.54. The molecule has 0 heterocycles. The zero-order valence-electron chi connectivity index (χ0n) is 11.0. The van der Waals surface area contributed by atoms with E-state index in [2.05, 4.69) is 33.4 Å². The largest absolute Gasteiger partial charge is 0.179 e. The molecule has 0 amide bonds. The molecule has 0 aliphatic heterocycles. The lowest BCUT2D eigenvalue weighted by Crippen LogP contribution is -2.20. The summed E-state index contributed by atoms with van der Waals surface area (Å²) in [4.78, 5) is 0. The zero-order chi connectivity index (χ0) is 11.6. The van der Waals surface area contributed by atoms with Crippen LogP contribution in [-0.4, -0.2) is 5.75 Å². The van der Waals surface area contributed by atoms with Gasteiger partial charge in [-0.2, -0.15) is 12.6 Å². The van der Waals surface area contributed by atoms with E-state index in [1.54, 1.807) is 0 Å². The fraction of sp³-hybridized carbons (Fsp3) is 1.00. The first-order chi connectivity index (χ1) is 7.24. The summed E-state index contributed by atoms with van der Waals surface area (Å²) < 4.78 is 0. The van der Waals surface area contributed by atoms with Crippen molar-refractivity contribution in [1.29, 1.82) is 0 Å².